The minimum Gasteiger partial charge on any atom is -0.326 e. The molecule has 0 aliphatic rings. The minimum absolute atomic E-state index is 0.0127. The number of nitrogens with zero attached hydrogens (tertiary/aromatic N) is 1. The van der Waals surface area contributed by atoms with Gasteiger partial charge in [-0.25, -0.2) is 8.42 Å². The summed E-state index contributed by atoms with van der Waals surface area (Å²) < 4.78 is 22.3. The normalized spacial score (nSPS) is 15.3. The number of hydrogen-bond donors (Lipinski definition) is 1. The van der Waals surface area contributed by atoms with Crippen LogP contribution in [0.1, 0.15) is 24.2 Å². The van der Waals surface area contributed by atoms with Gasteiger partial charge >= 0.3 is 0 Å². The van der Waals surface area contributed by atoms with Crippen LogP contribution in [-0.4, -0.2) is 37.2 Å². The molecule has 1 aromatic heterocycles. The van der Waals surface area contributed by atoms with Crippen molar-refractivity contribution in [2.24, 2.45) is 5.73 Å². The maximum Gasteiger partial charge on any atom is 0.148 e. The molecule has 2 atom stereocenters. The zero-order chi connectivity index (χ0) is 13.6. The van der Waals surface area contributed by atoms with Crippen LogP contribution in [0.2, 0.25) is 0 Å². The van der Waals surface area contributed by atoms with Crippen molar-refractivity contribution in [1.82, 2.24) is 4.98 Å². The van der Waals surface area contributed by atoms with Crippen molar-refractivity contribution in [3.8, 4) is 0 Å². The third-order valence-corrected chi connectivity index (χ3v) is 5.25. The summed E-state index contributed by atoms with van der Waals surface area (Å²) in [6.07, 6.45) is 5.63. The molecule has 102 valence electrons. The maximum atomic E-state index is 11.1. The molecule has 0 amide bonds. The molecule has 0 saturated carbocycles. The molecule has 4 nitrogen and oxygen atoms in total. The summed E-state index contributed by atoms with van der Waals surface area (Å²) in [7, 11) is -2.91. The quantitative estimate of drug-likeness (QED) is 0.825. The van der Waals surface area contributed by atoms with Crippen molar-refractivity contribution in [2.75, 3.05) is 17.8 Å². The van der Waals surface area contributed by atoms with Gasteiger partial charge in [-0.05, 0) is 18.1 Å². The number of hydrogen-bond acceptors (Lipinski definition) is 5. The Morgan fingerprint density at radius 2 is 2.22 bits per heavy atom. The number of sulfone groups is 1. The van der Waals surface area contributed by atoms with Gasteiger partial charge in [-0.15, -0.1) is 0 Å². The molecule has 0 aliphatic heterocycles. The van der Waals surface area contributed by atoms with E-state index in [2.05, 4.69) is 4.98 Å². The molecule has 2 N–H and O–H groups in total. The Morgan fingerprint density at radius 3 is 2.72 bits per heavy atom. The van der Waals surface area contributed by atoms with Gasteiger partial charge in [0, 0.05) is 35.7 Å². The first-order valence-corrected chi connectivity index (χ1v) is 9.00. The molecule has 2 unspecified atom stereocenters. The third kappa shape index (κ3) is 5.37. The second kappa shape index (κ2) is 7.11. The van der Waals surface area contributed by atoms with E-state index in [1.165, 1.54) is 6.26 Å². The Bertz CT molecular complexity index is 448. The Hall–Kier alpha value is -0.590. The van der Waals surface area contributed by atoms with E-state index in [4.69, 9.17) is 5.73 Å². The summed E-state index contributed by atoms with van der Waals surface area (Å²) in [5, 5.41) is 0.102. The summed E-state index contributed by atoms with van der Waals surface area (Å²) in [6, 6.07) is 3.88. The van der Waals surface area contributed by atoms with Crippen molar-refractivity contribution in [3.63, 3.8) is 0 Å². The van der Waals surface area contributed by atoms with Crippen molar-refractivity contribution < 1.29 is 8.42 Å². The highest BCUT2D eigenvalue weighted by atomic mass is 32.2. The minimum atomic E-state index is -2.91. The van der Waals surface area contributed by atoms with E-state index in [-0.39, 0.29) is 17.0 Å². The maximum absolute atomic E-state index is 11.1. The van der Waals surface area contributed by atoms with E-state index in [0.717, 1.165) is 12.0 Å². The molecule has 0 spiro atoms. The van der Waals surface area contributed by atoms with Crippen LogP contribution in [-0.2, 0) is 9.84 Å². The van der Waals surface area contributed by atoms with Crippen molar-refractivity contribution in [3.05, 3.63) is 30.1 Å². The van der Waals surface area contributed by atoms with Crippen LogP contribution >= 0.6 is 11.8 Å². The van der Waals surface area contributed by atoms with Gasteiger partial charge in [0.05, 0.1) is 5.75 Å². The molecule has 1 heterocycles. The highest BCUT2D eigenvalue weighted by Crippen LogP contribution is 2.32. The lowest BCUT2D eigenvalue weighted by Gasteiger charge is -2.22. The van der Waals surface area contributed by atoms with E-state index < -0.39 is 9.84 Å². The second-order valence-corrected chi connectivity index (χ2v) is 7.79. The van der Waals surface area contributed by atoms with E-state index in [1.807, 2.05) is 19.1 Å². The average Bonchev–Trinajstić information content (AvgIpc) is 2.33. The average molecular weight is 288 g/mol. The zero-order valence-corrected chi connectivity index (χ0v) is 12.4. The van der Waals surface area contributed by atoms with Crippen LogP contribution in [0, 0.1) is 0 Å². The summed E-state index contributed by atoms with van der Waals surface area (Å²) in [5.41, 5.74) is 7.16. The number of rotatable bonds is 7. The van der Waals surface area contributed by atoms with Crippen LogP contribution in [0.5, 0.6) is 0 Å². The van der Waals surface area contributed by atoms with Crippen LogP contribution in [0.3, 0.4) is 0 Å². The molecule has 18 heavy (non-hydrogen) atoms. The molecule has 1 rings (SSSR count). The van der Waals surface area contributed by atoms with Gasteiger partial charge in [0.15, 0.2) is 0 Å². The smallest absolute Gasteiger partial charge is 0.148 e. The lowest BCUT2D eigenvalue weighted by molar-refractivity contribution is 0.603. The molecule has 0 saturated heterocycles. The van der Waals surface area contributed by atoms with Crippen LogP contribution < -0.4 is 5.73 Å². The highest BCUT2D eigenvalue weighted by molar-refractivity contribution is 8.00. The van der Waals surface area contributed by atoms with Gasteiger partial charge < -0.3 is 5.73 Å². The molecule has 0 aliphatic carbocycles. The summed E-state index contributed by atoms with van der Waals surface area (Å²) >= 11 is 1.59. The first-order chi connectivity index (χ1) is 8.44. The van der Waals surface area contributed by atoms with E-state index in [9.17, 15) is 8.42 Å². The molecule has 0 fully saturated rings. The van der Waals surface area contributed by atoms with Crippen LogP contribution in [0.4, 0.5) is 0 Å². The second-order valence-electron chi connectivity index (χ2n) is 4.28. The molecular formula is C12H20N2O2S2. The Labute approximate surface area is 113 Å². The number of aromatic nitrogens is 1. The highest BCUT2D eigenvalue weighted by Gasteiger charge is 2.19. The van der Waals surface area contributed by atoms with Crippen LogP contribution in [0.15, 0.2) is 24.5 Å². The molecule has 0 radical (unpaired) electrons. The van der Waals surface area contributed by atoms with Gasteiger partial charge in [-0.1, -0.05) is 13.0 Å². The molecular weight excluding hydrogens is 268 g/mol. The Morgan fingerprint density at radius 1 is 1.50 bits per heavy atom. The lowest BCUT2D eigenvalue weighted by atomic mass is 10.1. The predicted octanol–water partition coefficient (Wildman–Crippen LogP) is 1.64. The van der Waals surface area contributed by atoms with E-state index in [0.29, 0.717) is 5.75 Å². The third-order valence-electron chi connectivity index (χ3n) is 2.62. The van der Waals surface area contributed by atoms with Gasteiger partial charge in [0.1, 0.15) is 9.84 Å². The van der Waals surface area contributed by atoms with Crippen molar-refractivity contribution in [2.45, 2.75) is 24.6 Å². The predicted molar refractivity (Wildman–Crippen MR) is 77.4 cm³/mol. The number of thioether (sulfide) groups is 1. The van der Waals surface area contributed by atoms with Gasteiger partial charge in [0.2, 0.25) is 0 Å². The monoisotopic (exact) mass is 288 g/mol. The van der Waals surface area contributed by atoms with Gasteiger partial charge in [0.25, 0.3) is 0 Å². The fourth-order valence-corrected chi connectivity index (χ4v) is 4.17. The first-order valence-electron chi connectivity index (χ1n) is 5.89. The number of nitrogens with two attached hydrogens (primary N) is 1. The fourth-order valence-electron chi connectivity index (χ4n) is 1.55. The molecule has 6 heteroatoms. The summed E-state index contributed by atoms with van der Waals surface area (Å²) in [4.78, 5) is 4.09. The SMILES string of the molecule is CCC(N)C(SCCS(C)(=O)=O)c1cccnc1. The van der Waals surface area contributed by atoms with Gasteiger partial charge in [-0.2, -0.15) is 11.8 Å². The van der Waals surface area contributed by atoms with E-state index >= 15 is 0 Å². The number of pyridine rings is 1. The van der Waals surface area contributed by atoms with Crippen molar-refractivity contribution in [1.29, 1.82) is 0 Å². The standard InChI is InChI=1S/C12H20N2O2S2/c1-3-11(13)12(10-5-4-6-14-9-10)17-7-8-18(2,15)16/h4-6,9,11-12H,3,7-8,13H2,1-2H3. The topological polar surface area (TPSA) is 73.1 Å². The van der Waals surface area contributed by atoms with E-state index in [1.54, 1.807) is 24.2 Å². The molecule has 1 aromatic rings. The largest absolute Gasteiger partial charge is 0.326 e. The molecule has 0 aromatic carbocycles. The Balaban J connectivity index is 2.69. The lowest BCUT2D eigenvalue weighted by Crippen LogP contribution is -2.26. The van der Waals surface area contributed by atoms with Crippen molar-refractivity contribution >= 4 is 21.6 Å². The summed E-state index contributed by atoms with van der Waals surface area (Å²) in [5.74, 6) is 0.747. The fraction of sp³-hybridized carbons (Fsp3) is 0.583. The molecule has 0 bridgehead atoms. The Kier molecular flexibility index (Phi) is 6.11. The summed E-state index contributed by atoms with van der Waals surface area (Å²) in [6.45, 7) is 2.03. The zero-order valence-electron chi connectivity index (χ0n) is 10.7. The van der Waals surface area contributed by atoms with Crippen LogP contribution in [0.25, 0.3) is 0 Å². The first kappa shape index (κ1) is 15.5. The van der Waals surface area contributed by atoms with Gasteiger partial charge in [-0.3, -0.25) is 4.98 Å².